The molecule has 0 unspecified atom stereocenters. The SMILES string of the molecule is CCc1cnc(CCNC(=NC)NCc2ccnc(N3CCN(CC)CC3)c2)s1. The third-order valence-corrected chi connectivity index (χ3v) is 6.42. The summed E-state index contributed by atoms with van der Waals surface area (Å²) in [6.45, 7) is 11.3. The number of hydrogen-bond acceptors (Lipinski definition) is 6. The maximum Gasteiger partial charge on any atom is 0.191 e. The molecule has 0 aliphatic carbocycles. The Morgan fingerprint density at radius 3 is 2.69 bits per heavy atom. The molecule has 0 aromatic carbocycles. The van der Waals surface area contributed by atoms with Crippen LogP contribution in [0.25, 0.3) is 0 Å². The lowest BCUT2D eigenvalue weighted by Gasteiger charge is -2.34. The lowest BCUT2D eigenvalue weighted by atomic mass is 10.2. The van der Waals surface area contributed by atoms with E-state index < -0.39 is 0 Å². The van der Waals surface area contributed by atoms with Gasteiger partial charge in [0, 0.05) is 70.0 Å². The molecule has 0 atom stereocenters. The van der Waals surface area contributed by atoms with Crippen molar-refractivity contribution >= 4 is 23.1 Å². The maximum absolute atomic E-state index is 4.58. The number of thiazole rings is 1. The topological polar surface area (TPSA) is 68.7 Å². The Labute approximate surface area is 178 Å². The van der Waals surface area contributed by atoms with Crippen molar-refractivity contribution in [2.75, 3.05) is 51.2 Å². The summed E-state index contributed by atoms with van der Waals surface area (Å²) in [5, 5.41) is 7.95. The van der Waals surface area contributed by atoms with Crippen LogP contribution in [0, 0.1) is 0 Å². The first-order chi connectivity index (χ1) is 14.2. The highest BCUT2D eigenvalue weighted by atomic mass is 32.1. The molecule has 1 aliphatic heterocycles. The average molecular weight is 416 g/mol. The summed E-state index contributed by atoms with van der Waals surface area (Å²) in [6.07, 6.45) is 5.85. The van der Waals surface area contributed by atoms with Crippen molar-refractivity contribution < 1.29 is 0 Å². The molecule has 0 amide bonds. The summed E-state index contributed by atoms with van der Waals surface area (Å²) in [7, 11) is 1.80. The van der Waals surface area contributed by atoms with Gasteiger partial charge in [-0.05, 0) is 30.7 Å². The number of anilines is 1. The lowest BCUT2D eigenvalue weighted by Crippen LogP contribution is -2.46. The summed E-state index contributed by atoms with van der Waals surface area (Å²) in [4.78, 5) is 19.6. The van der Waals surface area contributed by atoms with E-state index in [4.69, 9.17) is 0 Å². The van der Waals surface area contributed by atoms with Gasteiger partial charge in [0.25, 0.3) is 0 Å². The van der Waals surface area contributed by atoms with Crippen molar-refractivity contribution in [3.05, 3.63) is 40.0 Å². The van der Waals surface area contributed by atoms with E-state index in [1.165, 1.54) is 15.4 Å². The quantitative estimate of drug-likeness (QED) is 0.509. The van der Waals surface area contributed by atoms with E-state index in [-0.39, 0.29) is 0 Å². The number of guanidine groups is 1. The predicted molar refractivity (Wildman–Crippen MR) is 122 cm³/mol. The van der Waals surface area contributed by atoms with Crippen LogP contribution >= 0.6 is 11.3 Å². The van der Waals surface area contributed by atoms with Gasteiger partial charge in [-0.2, -0.15) is 0 Å². The van der Waals surface area contributed by atoms with Crippen LogP contribution in [0.15, 0.2) is 29.5 Å². The second-order valence-electron chi connectivity index (χ2n) is 7.12. The van der Waals surface area contributed by atoms with Crippen LogP contribution < -0.4 is 15.5 Å². The molecule has 8 heteroatoms. The van der Waals surface area contributed by atoms with Crippen LogP contribution in [0.5, 0.6) is 0 Å². The molecular formula is C21H33N7S. The Morgan fingerprint density at radius 2 is 2.00 bits per heavy atom. The summed E-state index contributed by atoms with van der Waals surface area (Å²) in [5.41, 5.74) is 1.21. The Morgan fingerprint density at radius 1 is 1.17 bits per heavy atom. The first kappa shape index (κ1) is 21.5. The number of hydrogen-bond donors (Lipinski definition) is 2. The van der Waals surface area contributed by atoms with Gasteiger partial charge in [-0.15, -0.1) is 11.3 Å². The van der Waals surface area contributed by atoms with Gasteiger partial charge in [0.05, 0.1) is 5.01 Å². The van der Waals surface area contributed by atoms with Crippen molar-refractivity contribution in [1.82, 2.24) is 25.5 Å². The Hall–Kier alpha value is -2.19. The maximum atomic E-state index is 4.58. The molecule has 1 aliphatic rings. The third-order valence-electron chi connectivity index (χ3n) is 5.22. The van der Waals surface area contributed by atoms with Gasteiger partial charge in [-0.25, -0.2) is 9.97 Å². The first-order valence-electron chi connectivity index (χ1n) is 10.5. The fourth-order valence-electron chi connectivity index (χ4n) is 3.36. The molecule has 2 aromatic heterocycles. The van der Waals surface area contributed by atoms with Crippen LogP contribution in [-0.2, 0) is 19.4 Å². The van der Waals surface area contributed by atoms with Crippen LogP contribution in [0.1, 0.15) is 29.3 Å². The summed E-state index contributed by atoms with van der Waals surface area (Å²) < 4.78 is 0. The zero-order chi connectivity index (χ0) is 20.5. The zero-order valence-corrected chi connectivity index (χ0v) is 18.6. The number of aliphatic imine (C=N–C) groups is 1. The number of rotatable bonds is 8. The van der Waals surface area contributed by atoms with E-state index in [0.717, 1.165) is 70.4 Å². The van der Waals surface area contributed by atoms with Gasteiger partial charge in [-0.3, -0.25) is 4.99 Å². The van der Waals surface area contributed by atoms with Crippen LogP contribution in [-0.4, -0.2) is 67.1 Å². The van der Waals surface area contributed by atoms with Crippen molar-refractivity contribution in [2.45, 2.75) is 33.2 Å². The molecule has 1 fully saturated rings. The smallest absolute Gasteiger partial charge is 0.191 e. The van der Waals surface area contributed by atoms with Gasteiger partial charge >= 0.3 is 0 Å². The number of piperazine rings is 1. The highest BCUT2D eigenvalue weighted by molar-refractivity contribution is 7.11. The van der Waals surface area contributed by atoms with E-state index >= 15 is 0 Å². The second kappa shape index (κ2) is 11.1. The van der Waals surface area contributed by atoms with E-state index in [0.29, 0.717) is 0 Å². The van der Waals surface area contributed by atoms with Gasteiger partial charge in [0.1, 0.15) is 5.82 Å². The minimum absolute atomic E-state index is 0.724. The van der Waals surface area contributed by atoms with Gasteiger partial charge < -0.3 is 20.4 Å². The fraction of sp³-hybridized carbons (Fsp3) is 0.571. The number of nitrogens with zero attached hydrogens (tertiary/aromatic N) is 5. The lowest BCUT2D eigenvalue weighted by molar-refractivity contribution is 0.270. The molecule has 3 rings (SSSR count). The molecule has 7 nitrogen and oxygen atoms in total. The predicted octanol–water partition coefficient (Wildman–Crippen LogP) is 2.15. The number of aryl methyl sites for hydroxylation is 1. The number of likely N-dealkylation sites (N-methyl/N-ethyl adjacent to an activating group) is 1. The summed E-state index contributed by atoms with van der Waals surface area (Å²) in [6, 6.07) is 4.25. The van der Waals surface area contributed by atoms with Crippen molar-refractivity contribution in [3.63, 3.8) is 0 Å². The van der Waals surface area contributed by atoms with E-state index in [1.807, 2.05) is 12.4 Å². The number of aromatic nitrogens is 2. The van der Waals surface area contributed by atoms with Crippen molar-refractivity contribution in [3.8, 4) is 0 Å². The first-order valence-corrected chi connectivity index (χ1v) is 11.3. The molecule has 0 spiro atoms. The van der Waals surface area contributed by atoms with Crippen LogP contribution in [0.2, 0.25) is 0 Å². The number of nitrogens with one attached hydrogen (secondary N) is 2. The Bertz CT molecular complexity index is 781. The monoisotopic (exact) mass is 415 g/mol. The van der Waals surface area contributed by atoms with E-state index in [9.17, 15) is 0 Å². The zero-order valence-electron chi connectivity index (χ0n) is 17.8. The summed E-state index contributed by atoms with van der Waals surface area (Å²) >= 11 is 1.79. The highest BCUT2D eigenvalue weighted by Crippen LogP contribution is 2.15. The van der Waals surface area contributed by atoms with Crippen LogP contribution in [0.3, 0.4) is 0 Å². The molecule has 29 heavy (non-hydrogen) atoms. The molecule has 3 heterocycles. The molecule has 0 radical (unpaired) electrons. The van der Waals surface area contributed by atoms with Gasteiger partial charge in [0.2, 0.25) is 0 Å². The standard InChI is InChI=1S/C21H33N7S/c1-4-18-16-25-20(29-18)7-9-24-21(22-3)26-15-17-6-8-23-19(14-17)28-12-10-27(5-2)11-13-28/h6,8,14,16H,4-5,7,9-13,15H2,1-3H3,(H2,22,24,26). The number of pyridine rings is 1. The van der Waals surface area contributed by atoms with Crippen molar-refractivity contribution in [2.24, 2.45) is 4.99 Å². The molecular weight excluding hydrogens is 382 g/mol. The Balaban J connectivity index is 1.45. The van der Waals surface area contributed by atoms with E-state index in [1.54, 1.807) is 18.4 Å². The molecule has 0 saturated carbocycles. The van der Waals surface area contributed by atoms with Gasteiger partial charge in [-0.1, -0.05) is 13.8 Å². The second-order valence-corrected chi connectivity index (χ2v) is 8.32. The highest BCUT2D eigenvalue weighted by Gasteiger charge is 2.16. The molecule has 0 bridgehead atoms. The molecule has 1 saturated heterocycles. The molecule has 2 aromatic rings. The normalized spacial score (nSPS) is 15.6. The van der Waals surface area contributed by atoms with Crippen LogP contribution in [0.4, 0.5) is 5.82 Å². The van der Waals surface area contributed by atoms with Crippen molar-refractivity contribution in [1.29, 1.82) is 0 Å². The largest absolute Gasteiger partial charge is 0.356 e. The minimum Gasteiger partial charge on any atom is -0.356 e. The summed E-state index contributed by atoms with van der Waals surface area (Å²) in [5.74, 6) is 1.88. The minimum atomic E-state index is 0.724. The third kappa shape index (κ3) is 6.40. The van der Waals surface area contributed by atoms with Gasteiger partial charge in [0.15, 0.2) is 5.96 Å². The fourth-order valence-corrected chi connectivity index (χ4v) is 4.22. The molecule has 2 N–H and O–H groups in total. The average Bonchev–Trinajstić information content (AvgIpc) is 3.24. The van der Waals surface area contributed by atoms with E-state index in [2.05, 4.69) is 61.4 Å². The molecule has 158 valence electrons. The Kier molecular flexibility index (Phi) is 8.25.